The number of aromatic nitrogens is 1. The van der Waals surface area contributed by atoms with Gasteiger partial charge in [0.05, 0.1) is 0 Å². The van der Waals surface area contributed by atoms with Gasteiger partial charge in [-0.3, -0.25) is 9.78 Å². The number of nitrogens with zero attached hydrogens (tertiary/aromatic N) is 2. The van der Waals surface area contributed by atoms with E-state index < -0.39 is 39.9 Å². The quantitative estimate of drug-likeness (QED) is 0.738. The Balaban J connectivity index is 1.84. The molecule has 1 aliphatic rings. The third-order valence-electron chi connectivity index (χ3n) is 3.75. The van der Waals surface area contributed by atoms with Gasteiger partial charge in [-0.2, -0.15) is 8.42 Å². The number of anilines is 2. The molecule has 0 atom stereocenters. The lowest BCUT2D eigenvalue weighted by Gasteiger charge is -2.18. The Morgan fingerprint density at radius 3 is 2.46 bits per heavy atom. The van der Waals surface area contributed by atoms with Crippen molar-refractivity contribution in [1.82, 2.24) is 9.71 Å². The van der Waals surface area contributed by atoms with Gasteiger partial charge in [-0.1, -0.05) is 0 Å². The van der Waals surface area contributed by atoms with E-state index in [1.54, 1.807) is 4.72 Å². The first-order valence-electron chi connectivity index (χ1n) is 7.69. The third-order valence-corrected chi connectivity index (χ3v) is 5.13. The summed E-state index contributed by atoms with van der Waals surface area (Å²) in [6.07, 6.45) is 0. The van der Waals surface area contributed by atoms with Gasteiger partial charge in [0.2, 0.25) is 0 Å². The van der Waals surface area contributed by atoms with Crippen molar-refractivity contribution in [2.75, 3.05) is 16.2 Å². The van der Waals surface area contributed by atoms with Crippen LogP contribution in [0.25, 0.3) is 0 Å². The van der Waals surface area contributed by atoms with Crippen LogP contribution >= 0.6 is 0 Å². The highest BCUT2D eigenvalue weighted by molar-refractivity contribution is 7.92. The molecule has 1 amide bonds. The van der Waals surface area contributed by atoms with Crippen molar-refractivity contribution in [1.29, 1.82) is 0 Å². The predicted octanol–water partition coefficient (Wildman–Crippen LogP) is 1.34. The number of benzene rings is 1. The average Bonchev–Trinajstić information content (AvgIpc) is 2.76. The van der Waals surface area contributed by atoms with Crippen molar-refractivity contribution < 1.29 is 22.7 Å². The molecule has 0 spiro atoms. The lowest BCUT2D eigenvalue weighted by Crippen LogP contribution is -2.30. The Hall–Kier alpha value is -2.88. The zero-order valence-electron chi connectivity index (χ0n) is 14.1. The summed E-state index contributed by atoms with van der Waals surface area (Å²) in [6, 6.07) is 6.02. The summed E-state index contributed by atoms with van der Waals surface area (Å²) in [7, 11) is -4.20. The smallest absolute Gasteiger partial charge is 0.326 e. The fraction of sp³-hybridized carbons (Fsp3) is 0.250. The summed E-state index contributed by atoms with van der Waals surface area (Å²) >= 11 is 0. The molecule has 0 saturated carbocycles. The predicted molar refractivity (Wildman–Crippen MR) is 93.5 cm³/mol. The van der Waals surface area contributed by atoms with Gasteiger partial charge in [-0.05, 0) is 43.7 Å². The van der Waals surface area contributed by atoms with Crippen molar-refractivity contribution in [3.05, 3.63) is 47.0 Å². The minimum Gasteiger partial charge on any atom is -0.506 e. The molecule has 2 heterocycles. The molecule has 8 nitrogen and oxygen atoms in total. The van der Waals surface area contributed by atoms with Crippen LogP contribution in [0, 0.1) is 19.7 Å². The molecule has 3 N–H and O–H groups in total. The molecule has 2 aromatic rings. The Bertz CT molecular complexity index is 950. The fourth-order valence-electron chi connectivity index (χ4n) is 2.77. The number of hydrogen-bond donors (Lipinski definition) is 3. The summed E-state index contributed by atoms with van der Waals surface area (Å²) in [5.41, 5.74) is 2.30. The van der Waals surface area contributed by atoms with E-state index in [0.717, 1.165) is 23.1 Å². The highest BCUT2D eigenvalue weighted by atomic mass is 32.2. The highest BCUT2D eigenvalue weighted by Gasteiger charge is 2.37. The highest BCUT2D eigenvalue weighted by Crippen LogP contribution is 2.34. The van der Waals surface area contributed by atoms with Crippen LogP contribution in [-0.4, -0.2) is 31.0 Å². The minimum absolute atomic E-state index is 0.206. The molecule has 1 saturated heterocycles. The summed E-state index contributed by atoms with van der Waals surface area (Å²) in [5, 5.41) is 13.2. The van der Waals surface area contributed by atoms with E-state index in [-0.39, 0.29) is 6.54 Å². The number of carbonyl (C=O) groups is 1. The van der Waals surface area contributed by atoms with Gasteiger partial charge in [-0.15, -0.1) is 0 Å². The third kappa shape index (κ3) is 3.54. The van der Waals surface area contributed by atoms with Crippen molar-refractivity contribution in [2.45, 2.75) is 20.4 Å². The Morgan fingerprint density at radius 2 is 1.92 bits per heavy atom. The first-order valence-corrected chi connectivity index (χ1v) is 9.13. The molecule has 10 heteroatoms. The van der Waals surface area contributed by atoms with Crippen LogP contribution in [-0.2, 0) is 21.5 Å². The van der Waals surface area contributed by atoms with E-state index in [9.17, 15) is 22.7 Å². The zero-order chi connectivity index (χ0) is 19.1. The van der Waals surface area contributed by atoms with Gasteiger partial charge in [0.1, 0.15) is 18.0 Å². The SMILES string of the molecule is Cc1cc(NCc2cc(O)c(N3CC(=O)NS3(=O)=O)c(F)c2)cc(C)n1. The molecule has 3 rings (SSSR count). The van der Waals surface area contributed by atoms with Crippen LogP contribution in [0.3, 0.4) is 0 Å². The number of amides is 1. The number of halogens is 1. The van der Waals surface area contributed by atoms with Gasteiger partial charge in [-0.25, -0.2) is 13.4 Å². The van der Waals surface area contributed by atoms with Gasteiger partial charge in [0.25, 0.3) is 5.91 Å². The second kappa shape index (κ2) is 6.45. The van der Waals surface area contributed by atoms with E-state index in [0.29, 0.717) is 9.87 Å². The number of nitrogens with one attached hydrogen (secondary N) is 2. The molecule has 1 aliphatic heterocycles. The molecule has 1 aromatic heterocycles. The number of pyridine rings is 1. The largest absolute Gasteiger partial charge is 0.506 e. The molecular formula is C16H17FN4O4S. The standard InChI is InChI=1S/C16H17FN4O4S/c1-9-3-12(4-10(2)19-9)18-7-11-5-13(17)16(14(22)6-11)21-8-15(23)20-26(21,24)25/h3-6,22H,7-8H2,1-2H3,(H,18,19)(H,20,23). The topological polar surface area (TPSA) is 112 Å². The minimum atomic E-state index is -4.20. The second-order valence-electron chi connectivity index (χ2n) is 5.97. The van der Waals surface area contributed by atoms with Gasteiger partial charge in [0.15, 0.2) is 5.82 Å². The molecule has 0 radical (unpaired) electrons. The molecule has 0 bridgehead atoms. The Kier molecular flexibility index (Phi) is 4.45. The van der Waals surface area contributed by atoms with E-state index in [1.165, 1.54) is 6.07 Å². The molecule has 1 fully saturated rings. The first kappa shape index (κ1) is 17.9. The van der Waals surface area contributed by atoms with Crippen LogP contribution in [0.2, 0.25) is 0 Å². The monoisotopic (exact) mass is 380 g/mol. The first-order chi connectivity index (χ1) is 12.2. The molecular weight excluding hydrogens is 363 g/mol. The van der Waals surface area contributed by atoms with Crippen molar-refractivity contribution in [3.63, 3.8) is 0 Å². The maximum absolute atomic E-state index is 14.4. The van der Waals surface area contributed by atoms with Crippen LogP contribution < -0.4 is 14.3 Å². The summed E-state index contributed by atoms with van der Waals surface area (Å²) < 4.78 is 40.4. The van der Waals surface area contributed by atoms with Gasteiger partial charge < -0.3 is 10.4 Å². The lowest BCUT2D eigenvalue weighted by molar-refractivity contribution is -0.117. The van der Waals surface area contributed by atoms with Crippen LogP contribution in [0.5, 0.6) is 5.75 Å². The average molecular weight is 380 g/mol. The molecule has 0 aliphatic carbocycles. The molecule has 1 aromatic carbocycles. The summed E-state index contributed by atoms with van der Waals surface area (Å²) in [4.78, 5) is 15.6. The lowest BCUT2D eigenvalue weighted by atomic mass is 10.1. The van der Waals surface area contributed by atoms with Crippen molar-refractivity contribution in [3.8, 4) is 5.75 Å². The van der Waals surface area contributed by atoms with Crippen LogP contribution in [0.4, 0.5) is 15.8 Å². The van der Waals surface area contributed by atoms with E-state index in [2.05, 4.69) is 10.3 Å². The Morgan fingerprint density at radius 1 is 1.27 bits per heavy atom. The number of phenolic OH excluding ortho intramolecular Hbond substituents is 1. The summed E-state index contributed by atoms with van der Waals surface area (Å²) in [5.74, 6) is -2.30. The number of hydrogen-bond acceptors (Lipinski definition) is 6. The molecule has 138 valence electrons. The number of aromatic hydroxyl groups is 1. The summed E-state index contributed by atoms with van der Waals surface area (Å²) in [6.45, 7) is 3.33. The van der Waals surface area contributed by atoms with Crippen LogP contribution in [0.1, 0.15) is 17.0 Å². The van der Waals surface area contributed by atoms with E-state index in [4.69, 9.17) is 0 Å². The number of carbonyl (C=O) groups excluding carboxylic acids is 1. The van der Waals surface area contributed by atoms with Crippen molar-refractivity contribution in [2.24, 2.45) is 0 Å². The Labute approximate surface area is 149 Å². The van der Waals surface area contributed by atoms with Gasteiger partial charge in [0, 0.05) is 23.6 Å². The maximum Gasteiger partial charge on any atom is 0.326 e. The normalized spacial score (nSPS) is 15.8. The van der Waals surface area contributed by atoms with Gasteiger partial charge >= 0.3 is 10.2 Å². The number of rotatable bonds is 4. The van der Waals surface area contributed by atoms with Crippen LogP contribution in [0.15, 0.2) is 24.3 Å². The second-order valence-corrected chi connectivity index (χ2v) is 7.57. The number of phenols is 1. The van der Waals surface area contributed by atoms with E-state index in [1.807, 2.05) is 26.0 Å². The molecule has 26 heavy (non-hydrogen) atoms. The molecule has 0 unspecified atom stereocenters. The fourth-order valence-corrected chi connectivity index (χ4v) is 3.95. The van der Waals surface area contributed by atoms with Crippen molar-refractivity contribution >= 4 is 27.5 Å². The zero-order valence-corrected chi connectivity index (χ0v) is 14.9. The number of aryl methyl sites for hydroxylation is 2. The van der Waals surface area contributed by atoms with E-state index >= 15 is 0 Å². The maximum atomic E-state index is 14.4.